The second-order valence-corrected chi connectivity index (χ2v) is 7.96. The fourth-order valence-corrected chi connectivity index (χ4v) is 3.77. The Morgan fingerprint density at radius 1 is 1.25 bits per heavy atom. The van der Waals surface area contributed by atoms with Gasteiger partial charge in [0, 0.05) is 19.6 Å². The number of hydrogen-bond acceptors (Lipinski definition) is 4. The lowest BCUT2D eigenvalue weighted by Crippen LogP contribution is -2.54. The molecule has 0 aliphatic heterocycles. The van der Waals surface area contributed by atoms with Crippen LogP contribution in [0.1, 0.15) is 45.1 Å². The minimum Gasteiger partial charge on any atom is -0.468 e. The van der Waals surface area contributed by atoms with Crippen molar-refractivity contribution in [1.82, 2.24) is 10.2 Å². The molecule has 1 aliphatic rings. The molecule has 0 unspecified atom stereocenters. The SMILES string of the molecule is COC(=O)C1(NCC(C)(C)CN(C)Cc2ccccc2)CCCC1. The Morgan fingerprint density at radius 2 is 1.88 bits per heavy atom. The molecule has 1 aliphatic carbocycles. The van der Waals surface area contributed by atoms with Crippen LogP contribution in [-0.4, -0.2) is 43.7 Å². The molecule has 0 aromatic heterocycles. The predicted molar refractivity (Wildman–Crippen MR) is 97.8 cm³/mol. The van der Waals surface area contributed by atoms with E-state index in [4.69, 9.17) is 4.74 Å². The minimum atomic E-state index is -0.468. The number of ether oxygens (including phenoxy) is 1. The Bertz CT molecular complexity index is 522. The van der Waals surface area contributed by atoms with Gasteiger partial charge >= 0.3 is 5.97 Å². The molecule has 24 heavy (non-hydrogen) atoms. The van der Waals surface area contributed by atoms with E-state index < -0.39 is 5.54 Å². The zero-order valence-corrected chi connectivity index (χ0v) is 15.6. The van der Waals surface area contributed by atoms with Gasteiger partial charge in [-0.25, -0.2) is 0 Å². The summed E-state index contributed by atoms with van der Waals surface area (Å²) in [7, 11) is 3.64. The topological polar surface area (TPSA) is 41.6 Å². The van der Waals surface area contributed by atoms with Crippen molar-refractivity contribution in [2.45, 2.75) is 51.6 Å². The van der Waals surface area contributed by atoms with Crippen LogP contribution >= 0.6 is 0 Å². The third-order valence-electron chi connectivity index (χ3n) is 4.93. The van der Waals surface area contributed by atoms with Gasteiger partial charge in [0.05, 0.1) is 7.11 Å². The summed E-state index contributed by atoms with van der Waals surface area (Å²) >= 11 is 0. The number of carbonyl (C=O) groups is 1. The second-order valence-electron chi connectivity index (χ2n) is 7.96. The molecule has 1 saturated carbocycles. The molecule has 0 spiro atoms. The van der Waals surface area contributed by atoms with Gasteiger partial charge in [-0.05, 0) is 30.9 Å². The number of hydrogen-bond donors (Lipinski definition) is 1. The van der Waals surface area contributed by atoms with E-state index in [1.54, 1.807) is 0 Å². The highest BCUT2D eigenvalue weighted by atomic mass is 16.5. The molecule has 2 rings (SSSR count). The summed E-state index contributed by atoms with van der Waals surface area (Å²) < 4.78 is 5.05. The fraction of sp³-hybridized carbons (Fsp3) is 0.650. The lowest BCUT2D eigenvalue weighted by molar-refractivity contribution is -0.148. The van der Waals surface area contributed by atoms with Crippen LogP contribution in [0.2, 0.25) is 0 Å². The number of benzene rings is 1. The maximum atomic E-state index is 12.2. The van der Waals surface area contributed by atoms with Gasteiger partial charge in [-0.3, -0.25) is 4.79 Å². The number of nitrogens with one attached hydrogen (secondary N) is 1. The molecule has 1 aromatic rings. The molecule has 1 N–H and O–H groups in total. The summed E-state index contributed by atoms with van der Waals surface area (Å²) in [5, 5.41) is 3.55. The van der Waals surface area contributed by atoms with Crippen molar-refractivity contribution in [3.8, 4) is 0 Å². The number of carbonyl (C=O) groups excluding carboxylic acids is 1. The summed E-state index contributed by atoms with van der Waals surface area (Å²) in [6.07, 6.45) is 3.96. The Kier molecular flexibility index (Phi) is 6.41. The third-order valence-corrected chi connectivity index (χ3v) is 4.93. The van der Waals surface area contributed by atoms with Gasteiger partial charge in [-0.2, -0.15) is 0 Å². The van der Waals surface area contributed by atoms with Crippen LogP contribution in [0.4, 0.5) is 0 Å². The molecule has 0 amide bonds. The van der Waals surface area contributed by atoms with Crippen molar-refractivity contribution >= 4 is 5.97 Å². The molecule has 1 aromatic carbocycles. The Labute approximate surface area is 146 Å². The van der Waals surface area contributed by atoms with Crippen molar-refractivity contribution in [3.05, 3.63) is 35.9 Å². The van der Waals surface area contributed by atoms with E-state index in [0.717, 1.165) is 45.3 Å². The molecule has 0 heterocycles. The first-order valence-electron chi connectivity index (χ1n) is 8.93. The highest BCUT2D eigenvalue weighted by Gasteiger charge is 2.42. The van der Waals surface area contributed by atoms with Crippen molar-refractivity contribution in [1.29, 1.82) is 0 Å². The first-order chi connectivity index (χ1) is 11.4. The van der Waals surface area contributed by atoms with E-state index in [0.29, 0.717) is 0 Å². The summed E-state index contributed by atoms with van der Waals surface area (Å²) in [4.78, 5) is 14.6. The zero-order valence-electron chi connectivity index (χ0n) is 15.6. The first kappa shape index (κ1) is 18.9. The smallest absolute Gasteiger partial charge is 0.326 e. The predicted octanol–water partition coefficient (Wildman–Crippen LogP) is 3.22. The molecular weight excluding hydrogens is 300 g/mol. The van der Waals surface area contributed by atoms with Gasteiger partial charge in [0.2, 0.25) is 0 Å². The normalized spacial score (nSPS) is 17.2. The monoisotopic (exact) mass is 332 g/mol. The summed E-state index contributed by atoms with van der Waals surface area (Å²) in [6.45, 7) is 7.21. The first-order valence-corrected chi connectivity index (χ1v) is 8.93. The minimum absolute atomic E-state index is 0.0765. The number of rotatable bonds is 8. The molecular formula is C20H32N2O2. The largest absolute Gasteiger partial charge is 0.468 e. The highest BCUT2D eigenvalue weighted by molar-refractivity contribution is 5.81. The summed E-state index contributed by atoms with van der Waals surface area (Å²) in [5.74, 6) is -0.103. The number of methoxy groups -OCH3 is 1. The van der Waals surface area contributed by atoms with Gasteiger partial charge in [-0.1, -0.05) is 57.0 Å². The summed E-state index contributed by atoms with van der Waals surface area (Å²) in [6, 6.07) is 10.5. The fourth-order valence-electron chi connectivity index (χ4n) is 3.77. The second kappa shape index (κ2) is 8.13. The van der Waals surface area contributed by atoms with E-state index in [1.807, 2.05) is 6.07 Å². The summed E-state index contributed by atoms with van der Waals surface area (Å²) in [5.41, 5.74) is 0.933. The van der Waals surface area contributed by atoms with Crippen molar-refractivity contribution in [2.24, 2.45) is 5.41 Å². The van der Waals surface area contributed by atoms with Crippen molar-refractivity contribution in [3.63, 3.8) is 0 Å². The van der Waals surface area contributed by atoms with Crippen LogP contribution < -0.4 is 5.32 Å². The molecule has 0 bridgehead atoms. The molecule has 0 atom stereocenters. The molecule has 134 valence electrons. The Hall–Kier alpha value is -1.39. The van der Waals surface area contributed by atoms with E-state index in [2.05, 4.69) is 55.4 Å². The van der Waals surface area contributed by atoms with E-state index in [9.17, 15) is 4.79 Å². The quantitative estimate of drug-likeness (QED) is 0.742. The van der Waals surface area contributed by atoms with Gasteiger partial charge in [0.1, 0.15) is 5.54 Å². The van der Waals surface area contributed by atoms with Gasteiger partial charge in [-0.15, -0.1) is 0 Å². The maximum absolute atomic E-state index is 12.2. The zero-order chi connectivity index (χ0) is 17.6. The van der Waals surface area contributed by atoms with Crippen molar-refractivity contribution in [2.75, 3.05) is 27.2 Å². The molecule has 4 nitrogen and oxygen atoms in total. The Balaban J connectivity index is 1.89. The molecule has 0 saturated heterocycles. The number of nitrogens with zero attached hydrogens (tertiary/aromatic N) is 1. The van der Waals surface area contributed by atoms with Crippen LogP contribution in [-0.2, 0) is 16.1 Å². The maximum Gasteiger partial charge on any atom is 0.326 e. The lowest BCUT2D eigenvalue weighted by Gasteiger charge is -2.35. The third kappa shape index (κ3) is 5.05. The average molecular weight is 332 g/mol. The van der Waals surface area contributed by atoms with Gasteiger partial charge in [0.25, 0.3) is 0 Å². The molecule has 1 fully saturated rings. The lowest BCUT2D eigenvalue weighted by atomic mass is 9.89. The average Bonchev–Trinajstić information content (AvgIpc) is 3.03. The highest BCUT2D eigenvalue weighted by Crippen LogP contribution is 2.32. The van der Waals surface area contributed by atoms with Gasteiger partial charge < -0.3 is 15.0 Å². The van der Waals surface area contributed by atoms with Crippen LogP contribution in [0.5, 0.6) is 0 Å². The van der Waals surface area contributed by atoms with Crippen LogP contribution in [0.15, 0.2) is 30.3 Å². The number of esters is 1. The van der Waals surface area contributed by atoms with Crippen LogP contribution in [0.25, 0.3) is 0 Å². The van der Waals surface area contributed by atoms with E-state index in [-0.39, 0.29) is 11.4 Å². The standard InChI is InChI=1S/C20H32N2O2/c1-19(2,16-22(3)14-17-10-6-5-7-11-17)15-21-20(18(23)24-4)12-8-9-13-20/h5-7,10-11,21H,8-9,12-16H2,1-4H3. The molecule has 4 heteroatoms. The van der Waals surface area contributed by atoms with Gasteiger partial charge in [0.15, 0.2) is 0 Å². The van der Waals surface area contributed by atoms with E-state index in [1.165, 1.54) is 12.7 Å². The Morgan fingerprint density at radius 3 is 2.46 bits per heavy atom. The van der Waals surface area contributed by atoms with Crippen molar-refractivity contribution < 1.29 is 9.53 Å². The van der Waals surface area contributed by atoms with E-state index >= 15 is 0 Å². The van der Waals surface area contributed by atoms with Crippen LogP contribution in [0.3, 0.4) is 0 Å². The van der Waals surface area contributed by atoms with Crippen LogP contribution in [0, 0.1) is 5.41 Å². The molecule has 0 radical (unpaired) electrons.